The molecule has 0 aromatic heterocycles. The molecule has 0 aliphatic carbocycles. The lowest BCUT2D eigenvalue weighted by Gasteiger charge is -2.01. The quantitative estimate of drug-likeness (QED) is 0.456. The molecule has 0 fully saturated rings. The molecule has 0 rings (SSSR count). The second-order valence-corrected chi connectivity index (χ2v) is 2.11. The fraction of sp³-hybridized carbons (Fsp3) is 0.429. The van der Waals surface area contributed by atoms with Gasteiger partial charge < -0.3 is 4.72 Å². The van der Waals surface area contributed by atoms with Gasteiger partial charge in [-0.3, -0.25) is 0 Å². The van der Waals surface area contributed by atoms with E-state index in [-0.39, 0.29) is 0 Å². The molecule has 0 amide bonds. The first kappa shape index (κ1) is 8.63. The van der Waals surface area contributed by atoms with Gasteiger partial charge in [0.15, 0.2) is 0 Å². The molecule has 0 spiro atoms. The molecule has 9 heavy (non-hydrogen) atoms. The average molecular weight is 143 g/mol. The van der Waals surface area contributed by atoms with Crippen molar-refractivity contribution in [2.75, 3.05) is 0 Å². The Morgan fingerprint density at radius 1 is 1.78 bits per heavy atom. The van der Waals surface area contributed by atoms with Crippen molar-refractivity contribution in [3.63, 3.8) is 0 Å². The lowest BCUT2D eigenvalue weighted by Crippen LogP contribution is -1.97. The van der Waals surface area contributed by atoms with E-state index in [2.05, 4.69) is 37.1 Å². The fourth-order valence-corrected chi connectivity index (χ4v) is 0.694. The molecule has 0 aromatic carbocycles. The number of hydrogen-bond acceptors (Lipinski definition) is 2. The molecule has 0 atom stereocenters. The largest absolute Gasteiger partial charge is 0.333 e. The summed E-state index contributed by atoms with van der Waals surface area (Å²) < 4.78 is 2.68. The molecule has 0 saturated carbocycles. The second-order valence-electron chi connectivity index (χ2n) is 1.89. The number of thiol groups is 1. The van der Waals surface area contributed by atoms with Gasteiger partial charge in [0.1, 0.15) is 0 Å². The zero-order chi connectivity index (χ0) is 7.28. The molecule has 0 unspecified atom stereocenters. The van der Waals surface area contributed by atoms with Gasteiger partial charge in [-0.1, -0.05) is 32.4 Å². The standard InChI is InChI=1S/C7H13NS/c1-4-5-6(2)7(3)8-9/h5,8-9H,3-4H2,1-2H3/b6-5+. The molecule has 0 saturated heterocycles. The average Bonchev–Trinajstić information content (AvgIpc) is 1.87. The predicted octanol–water partition coefficient (Wildman–Crippen LogP) is 2.29. The van der Waals surface area contributed by atoms with E-state index in [1.54, 1.807) is 0 Å². The van der Waals surface area contributed by atoms with Crippen LogP contribution in [-0.4, -0.2) is 0 Å². The minimum Gasteiger partial charge on any atom is -0.333 e. The van der Waals surface area contributed by atoms with E-state index in [1.165, 1.54) is 0 Å². The van der Waals surface area contributed by atoms with Gasteiger partial charge in [-0.15, -0.1) is 0 Å². The third-order valence-electron chi connectivity index (χ3n) is 1.12. The van der Waals surface area contributed by atoms with E-state index >= 15 is 0 Å². The van der Waals surface area contributed by atoms with Gasteiger partial charge in [0, 0.05) is 5.70 Å². The SMILES string of the molecule is C=C(NS)/C(C)=C/CC. The summed E-state index contributed by atoms with van der Waals surface area (Å²) in [7, 11) is 0. The van der Waals surface area contributed by atoms with Gasteiger partial charge in [-0.25, -0.2) is 0 Å². The van der Waals surface area contributed by atoms with E-state index in [1.807, 2.05) is 6.92 Å². The summed E-state index contributed by atoms with van der Waals surface area (Å²) in [5.41, 5.74) is 2.03. The van der Waals surface area contributed by atoms with Crippen molar-refractivity contribution < 1.29 is 0 Å². The van der Waals surface area contributed by atoms with Crippen molar-refractivity contribution in [3.8, 4) is 0 Å². The number of allylic oxidation sites excluding steroid dienone is 2. The van der Waals surface area contributed by atoms with E-state index < -0.39 is 0 Å². The van der Waals surface area contributed by atoms with Gasteiger partial charge in [-0.2, -0.15) is 0 Å². The van der Waals surface area contributed by atoms with E-state index in [4.69, 9.17) is 0 Å². The molecule has 0 aliphatic rings. The molecule has 52 valence electrons. The minimum atomic E-state index is 0.875. The number of hydrogen-bond donors (Lipinski definition) is 2. The van der Waals surface area contributed by atoms with Crippen molar-refractivity contribution in [2.45, 2.75) is 20.3 Å². The van der Waals surface area contributed by atoms with Crippen LogP contribution in [0, 0.1) is 0 Å². The molecule has 0 radical (unpaired) electrons. The molecule has 0 bridgehead atoms. The normalized spacial score (nSPS) is 11.2. The number of rotatable bonds is 3. The lowest BCUT2D eigenvalue weighted by atomic mass is 10.2. The molecule has 1 N–H and O–H groups in total. The van der Waals surface area contributed by atoms with Crippen LogP contribution >= 0.6 is 12.8 Å². The van der Waals surface area contributed by atoms with Gasteiger partial charge in [0.2, 0.25) is 0 Å². The number of nitrogens with one attached hydrogen (secondary N) is 1. The van der Waals surface area contributed by atoms with Crippen molar-refractivity contribution in [1.82, 2.24) is 4.72 Å². The Bertz CT molecular complexity index is 127. The highest BCUT2D eigenvalue weighted by Gasteiger charge is 1.89. The highest BCUT2D eigenvalue weighted by Crippen LogP contribution is 2.03. The summed E-state index contributed by atoms with van der Waals surface area (Å²) in [5, 5.41) is 0. The monoisotopic (exact) mass is 143 g/mol. The molecular formula is C7H13NS. The van der Waals surface area contributed by atoms with Crippen LogP contribution < -0.4 is 4.72 Å². The van der Waals surface area contributed by atoms with Crippen LogP contribution in [0.4, 0.5) is 0 Å². The topological polar surface area (TPSA) is 12.0 Å². The molecule has 0 aromatic rings. The summed E-state index contributed by atoms with van der Waals surface area (Å²) in [6, 6.07) is 0. The van der Waals surface area contributed by atoms with Crippen molar-refractivity contribution in [3.05, 3.63) is 23.9 Å². The van der Waals surface area contributed by atoms with Crippen molar-refractivity contribution in [2.24, 2.45) is 0 Å². The Morgan fingerprint density at radius 3 is 2.67 bits per heavy atom. The maximum Gasteiger partial charge on any atom is 0.0391 e. The smallest absolute Gasteiger partial charge is 0.0391 e. The summed E-state index contributed by atoms with van der Waals surface area (Å²) >= 11 is 3.86. The van der Waals surface area contributed by atoms with Gasteiger partial charge in [-0.05, 0) is 18.9 Å². The Morgan fingerprint density at radius 2 is 2.33 bits per heavy atom. The maximum absolute atomic E-state index is 3.86. The van der Waals surface area contributed by atoms with Crippen LogP contribution in [0.2, 0.25) is 0 Å². The minimum absolute atomic E-state index is 0.875. The van der Waals surface area contributed by atoms with E-state index in [0.29, 0.717) is 0 Å². The van der Waals surface area contributed by atoms with Crippen LogP contribution in [0.3, 0.4) is 0 Å². The maximum atomic E-state index is 3.86. The molecular weight excluding hydrogens is 130 g/mol. The zero-order valence-electron chi connectivity index (χ0n) is 5.94. The van der Waals surface area contributed by atoms with E-state index in [0.717, 1.165) is 17.7 Å². The van der Waals surface area contributed by atoms with Gasteiger partial charge in [0.25, 0.3) is 0 Å². The second kappa shape index (κ2) is 4.50. The Labute approximate surface area is 62.4 Å². The van der Waals surface area contributed by atoms with Crippen LogP contribution in [0.1, 0.15) is 20.3 Å². The van der Waals surface area contributed by atoms with Crippen LogP contribution in [0.15, 0.2) is 23.9 Å². The third kappa shape index (κ3) is 3.25. The molecule has 1 nitrogen and oxygen atoms in total. The predicted molar refractivity (Wildman–Crippen MR) is 45.3 cm³/mol. The van der Waals surface area contributed by atoms with Gasteiger partial charge >= 0.3 is 0 Å². The Kier molecular flexibility index (Phi) is 4.32. The zero-order valence-corrected chi connectivity index (χ0v) is 6.83. The molecule has 2 heteroatoms. The highest BCUT2D eigenvalue weighted by molar-refractivity contribution is 7.78. The Balaban J connectivity index is 3.86. The summed E-state index contributed by atoms with van der Waals surface area (Å²) in [6.45, 7) is 7.84. The first-order valence-electron chi connectivity index (χ1n) is 2.98. The van der Waals surface area contributed by atoms with Crippen LogP contribution in [-0.2, 0) is 0 Å². The first-order chi connectivity index (χ1) is 4.22. The van der Waals surface area contributed by atoms with Crippen molar-refractivity contribution >= 4 is 12.8 Å². The third-order valence-corrected chi connectivity index (χ3v) is 1.39. The Hall–Kier alpha value is -0.370. The van der Waals surface area contributed by atoms with Crippen LogP contribution in [0.25, 0.3) is 0 Å². The lowest BCUT2D eigenvalue weighted by molar-refractivity contribution is 1.14. The highest BCUT2D eigenvalue weighted by atomic mass is 32.1. The molecule has 0 aliphatic heterocycles. The van der Waals surface area contributed by atoms with Crippen molar-refractivity contribution in [1.29, 1.82) is 0 Å². The summed E-state index contributed by atoms with van der Waals surface area (Å²) in [5.74, 6) is 0. The summed E-state index contributed by atoms with van der Waals surface area (Å²) in [4.78, 5) is 0. The van der Waals surface area contributed by atoms with Crippen LogP contribution in [0.5, 0.6) is 0 Å². The molecule has 0 heterocycles. The van der Waals surface area contributed by atoms with E-state index in [9.17, 15) is 0 Å². The summed E-state index contributed by atoms with van der Waals surface area (Å²) in [6.07, 6.45) is 3.14. The first-order valence-corrected chi connectivity index (χ1v) is 3.43. The van der Waals surface area contributed by atoms with Gasteiger partial charge in [0.05, 0.1) is 0 Å². The fourth-order valence-electron chi connectivity index (χ4n) is 0.518.